The van der Waals surface area contributed by atoms with Gasteiger partial charge in [0.1, 0.15) is 5.82 Å². The van der Waals surface area contributed by atoms with Crippen molar-refractivity contribution in [2.45, 2.75) is 56.9 Å². The van der Waals surface area contributed by atoms with Gasteiger partial charge in [-0.05, 0) is 38.0 Å². The van der Waals surface area contributed by atoms with Gasteiger partial charge < -0.3 is 18.8 Å². The Hall–Kier alpha value is -0.950. The number of fused-ring (bicyclic) bond motifs is 1. The average molecular weight is 349 g/mol. The van der Waals surface area contributed by atoms with Crippen LogP contribution in [0.25, 0.3) is 0 Å². The van der Waals surface area contributed by atoms with Crippen LogP contribution in [0.5, 0.6) is 0 Å². The third-order valence-electron chi connectivity index (χ3n) is 6.01. The first-order valence-electron chi connectivity index (χ1n) is 9.81. The fourth-order valence-corrected chi connectivity index (χ4v) is 4.41. The van der Waals surface area contributed by atoms with Gasteiger partial charge in [0, 0.05) is 51.8 Å². The Morgan fingerprint density at radius 3 is 2.84 bits per heavy atom. The number of aryl methyl sites for hydroxylation is 1. The van der Waals surface area contributed by atoms with E-state index in [0.29, 0.717) is 18.1 Å². The highest BCUT2D eigenvalue weighted by molar-refractivity contribution is 4.97. The molecule has 0 aromatic carbocycles. The first-order chi connectivity index (χ1) is 12.3. The molecular weight excluding hydrogens is 318 g/mol. The van der Waals surface area contributed by atoms with Crippen LogP contribution in [0.15, 0.2) is 12.4 Å². The van der Waals surface area contributed by atoms with Crippen molar-refractivity contribution in [2.75, 3.05) is 33.0 Å². The molecule has 6 heteroatoms. The van der Waals surface area contributed by atoms with Crippen LogP contribution in [0.4, 0.5) is 0 Å². The lowest BCUT2D eigenvalue weighted by Gasteiger charge is -2.36. The Labute approximate surface area is 150 Å². The van der Waals surface area contributed by atoms with Crippen molar-refractivity contribution in [1.82, 2.24) is 14.5 Å². The summed E-state index contributed by atoms with van der Waals surface area (Å²) in [5, 5.41) is 0. The number of hydrogen-bond acceptors (Lipinski definition) is 5. The third kappa shape index (κ3) is 4.25. The van der Waals surface area contributed by atoms with Crippen molar-refractivity contribution < 1.29 is 14.2 Å². The van der Waals surface area contributed by atoms with Gasteiger partial charge in [-0.15, -0.1) is 0 Å². The maximum Gasteiger partial charge on any atom is 0.122 e. The Morgan fingerprint density at radius 2 is 2.04 bits per heavy atom. The zero-order chi connectivity index (χ0) is 17.1. The molecule has 3 atom stereocenters. The zero-order valence-electron chi connectivity index (χ0n) is 15.3. The van der Waals surface area contributed by atoms with Crippen LogP contribution in [-0.2, 0) is 27.8 Å². The standard InChI is InChI=1S/C19H31N3O3/c1-21-9-7-20-19(21)12-22-8-4-18-17(22)3-2-16(25-18)14-24-13-15-5-10-23-11-6-15/h7,9,15-18H,2-6,8,10-14H2,1H3/t16-,17+,18+/m1/s1. The number of likely N-dealkylation sites (tertiary alicyclic amines) is 1. The van der Waals surface area contributed by atoms with Crippen LogP contribution < -0.4 is 0 Å². The van der Waals surface area contributed by atoms with Crippen molar-refractivity contribution in [3.63, 3.8) is 0 Å². The molecule has 0 radical (unpaired) electrons. The summed E-state index contributed by atoms with van der Waals surface area (Å²) in [4.78, 5) is 7.02. The number of nitrogens with zero attached hydrogens (tertiary/aromatic N) is 3. The Bertz CT molecular complexity index is 544. The van der Waals surface area contributed by atoms with Crippen molar-refractivity contribution >= 4 is 0 Å². The van der Waals surface area contributed by atoms with Crippen molar-refractivity contribution in [1.29, 1.82) is 0 Å². The Kier molecular flexibility index (Phi) is 5.70. The van der Waals surface area contributed by atoms with Crippen LogP contribution in [0.2, 0.25) is 0 Å². The van der Waals surface area contributed by atoms with E-state index in [2.05, 4.69) is 21.5 Å². The number of imidazole rings is 1. The van der Waals surface area contributed by atoms with E-state index in [-0.39, 0.29) is 6.10 Å². The minimum absolute atomic E-state index is 0.272. The Morgan fingerprint density at radius 1 is 1.16 bits per heavy atom. The van der Waals surface area contributed by atoms with E-state index in [4.69, 9.17) is 14.2 Å². The number of aromatic nitrogens is 2. The minimum atomic E-state index is 0.272. The molecule has 1 aromatic rings. The largest absolute Gasteiger partial charge is 0.381 e. The topological polar surface area (TPSA) is 48.8 Å². The van der Waals surface area contributed by atoms with Crippen molar-refractivity contribution in [2.24, 2.45) is 13.0 Å². The summed E-state index contributed by atoms with van der Waals surface area (Å²) in [5.74, 6) is 1.81. The average Bonchev–Trinajstić information content (AvgIpc) is 3.23. The van der Waals surface area contributed by atoms with Crippen LogP contribution >= 0.6 is 0 Å². The summed E-state index contributed by atoms with van der Waals surface area (Å²) >= 11 is 0. The van der Waals surface area contributed by atoms with E-state index < -0.39 is 0 Å². The molecule has 0 unspecified atom stereocenters. The molecule has 4 heterocycles. The van der Waals surface area contributed by atoms with Gasteiger partial charge in [0.25, 0.3) is 0 Å². The second-order valence-electron chi connectivity index (χ2n) is 7.75. The SMILES string of the molecule is Cn1ccnc1CN1CC[C@@H]2O[C@@H](COCC3CCOCC3)CC[C@@H]21. The van der Waals surface area contributed by atoms with Gasteiger partial charge in [-0.25, -0.2) is 4.98 Å². The molecule has 3 aliphatic heterocycles. The molecule has 3 saturated heterocycles. The predicted molar refractivity (Wildman–Crippen MR) is 94.3 cm³/mol. The van der Waals surface area contributed by atoms with Crippen LogP contribution in [0.3, 0.4) is 0 Å². The second kappa shape index (κ2) is 8.16. The molecule has 3 fully saturated rings. The molecule has 140 valence electrons. The molecule has 0 bridgehead atoms. The van der Waals surface area contributed by atoms with E-state index in [0.717, 1.165) is 71.0 Å². The number of hydrogen-bond donors (Lipinski definition) is 0. The van der Waals surface area contributed by atoms with E-state index in [1.165, 1.54) is 6.42 Å². The molecular formula is C19H31N3O3. The molecule has 1 aromatic heterocycles. The summed E-state index contributed by atoms with van der Waals surface area (Å²) in [6.45, 7) is 5.44. The highest BCUT2D eigenvalue weighted by atomic mass is 16.5. The summed E-state index contributed by atoms with van der Waals surface area (Å²) in [5.41, 5.74) is 0. The molecule has 0 spiro atoms. The fraction of sp³-hybridized carbons (Fsp3) is 0.842. The lowest BCUT2D eigenvalue weighted by molar-refractivity contribution is -0.105. The maximum absolute atomic E-state index is 6.36. The zero-order valence-corrected chi connectivity index (χ0v) is 15.3. The van der Waals surface area contributed by atoms with Crippen molar-refractivity contribution in [3.8, 4) is 0 Å². The van der Waals surface area contributed by atoms with Gasteiger partial charge >= 0.3 is 0 Å². The fourth-order valence-electron chi connectivity index (χ4n) is 4.41. The van der Waals surface area contributed by atoms with E-state index >= 15 is 0 Å². The molecule has 0 aliphatic carbocycles. The second-order valence-corrected chi connectivity index (χ2v) is 7.75. The van der Waals surface area contributed by atoms with Gasteiger partial charge in [0.05, 0.1) is 25.4 Å². The van der Waals surface area contributed by atoms with E-state index in [9.17, 15) is 0 Å². The molecule has 3 aliphatic rings. The highest BCUT2D eigenvalue weighted by Crippen LogP contribution is 2.32. The summed E-state index contributed by atoms with van der Waals surface area (Å²) in [6, 6.07) is 0.545. The smallest absolute Gasteiger partial charge is 0.122 e. The van der Waals surface area contributed by atoms with Crippen LogP contribution in [0, 0.1) is 5.92 Å². The van der Waals surface area contributed by atoms with Gasteiger partial charge in [-0.1, -0.05) is 0 Å². The molecule has 0 amide bonds. The predicted octanol–water partition coefficient (Wildman–Crippen LogP) is 1.99. The highest BCUT2D eigenvalue weighted by Gasteiger charge is 2.40. The number of ether oxygens (including phenoxy) is 3. The van der Waals surface area contributed by atoms with Gasteiger partial charge in [0.15, 0.2) is 0 Å². The first kappa shape index (κ1) is 17.5. The Balaban J connectivity index is 1.21. The maximum atomic E-state index is 6.36. The third-order valence-corrected chi connectivity index (χ3v) is 6.01. The summed E-state index contributed by atoms with van der Waals surface area (Å²) in [7, 11) is 2.07. The quantitative estimate of drug-likeness (QED) is 0.786. The van der Waals surface area contributed by atoms with Gasteiger partial charge in [0.2, 0.25) is 0 Å². The van der Waals surface area contributed by atoms with Crippen LogP contribution in [0.1, 0.15) is 37.9 Å². The van der Waals surface area contributed by atoms with E-state index in [1.807, 2.05) is 12.4 Å². The molecule has 4 rings (SSSR count). The molecule has 0 saturated carbocycles. The normalized spacial score (nSPS) is 31.3. The molecule has 6 nitrogen and oxygen atoms in total. The lowest BCUT2D eigenvalue weighted by Crippen LogP contribution is -2.43. The van der Waals surface area contributed by atoms with Gasteiger partial charge in [-0.3, -0.25) is 4.90 Å². The van der Waals surface area contributed by atoms with E-state index in [1.54, 1.807) is 0 Å². The van der Waals surface area contributed by atoms with Crippen molar-refractivity contribution in [3.05, 3.63) is 18.2 Å². The summed E-state index contributed by atoms with van der Waals surface area (Å²) in [6.07, 6.45) is 10.3. The van der Waals surface area contributed by atoms with Crippen LogP contribution in [-0.4, -0.2) is 65.7 Å². The minimum Gasteiger partial charge on any atom is -0.381 e. The molecule has 0 N–H and O–H groups in total. The first-order valence-corrected chi connectivity index (χ1v) is 9.81. The number of rotatable bonds is 6. The lowest BCUT2D eigenvalue weighted by atomic mass is 9.99. The van der Waals surface area contributed by atoms with Gasteiger partial charge in [-0.2, -0.15) is 0 Å². The summed E-state index contributed by atoms with van der Waals surface area (Å²) < 4.78 is 19.9. The monoisotopic (exact) mass is 349 g/mol. The molecule has 25 heavy (non-hydrogen) atoms.